The van der Waals surface area contributed by atoms with Gasteiger partial charge in [-0.1, -0.05) is 0 Å². The molecule has 1 aromatic heterocycles. The first-order chi connectivity index (χ1) is 12.9. The Balaban J connectivity index is 1.25. The van der Waals surface area contributed by atoms with Crippen molar-refractivity contribution in [3.8, 4) is 0 Å². The van der Waals surface area contributed by atoms with Crippen molar-refractivity contribution in [2.45, 2.75) is 93.8 Å². The average molecular weight is 398 g/mol. The van der Waals surface area contributed by atoms with E-state index in [1.54, 1.807) is 11.3 Å². The fraction of sp³-hybridized carbons (Fsp3) is 0.750. The summed E-state index contributed by atoms with van der Waals surface area (Å²) in [6.07, 6.45) is 6.10. The largest absolute Gasteiger partial charge is 0.349 e. The number of carbonyl (C=O) groups is 1. The fourth-order valence-electron chi connectivity index (χ4n) is 4.40. The van der Waals surface area contributed by atoms with Gasteiger partial charge in [-0.15, -0.1) is 11.3 Å². The summed E-state index contributed by atoms with van der Waals surface area (Å²) in [5.41, 5.74) is 6.64. The molecule has 0 spiro atoms. The van der Waals surface area contributed by atoms with Crippen molar-refractivity contribution in [1.29, 1.82) is 0 Å². The van der Waals surface area contributed by atoms with Crippen molar-refractivity contribution < 1.29 is 13.6 Å². The van der Waals surface area contributed by atoms with E-state index in [1.165, 1.54) is 4.88 Å². The molecule has 1 heterocycles. The number of rotatable bonds is 5. The number of nitrogens with two attached hydrogens (primary N) is 1. The van der Waals surface area contributed by atoms with Gasteiger partial charge >= 0.3 is 0 Å². The zero-order valence-corrected chi connectivity index (χ0v) is 16.4. The monoisotopic (exact) mass is 397 g/mol. The number of halogens is 2. The van der Waals surface area contributed by atoms with E-state index in [2.05, 4.69) is 10.6 Å². The SMILES string of the molecule is NC1CCC(N[C@@H]2C[C@H]2c2cc(C(=O)NC3CCC(F)(F)CC3)cs2)CC1. The van der Waals surface area contributed by atoms with Crippen LogP contribution in [0, 0.1) is 0 Å². The van der Waals surface area contributed by atoms with Gasteiger partial charge in [-0.05, 0) is 51.0 Å². The molecular formula is C20H29F2N3OS. The second-order valence-corrected chi connectivity index (χ2v) is 9.51. The van der Waals surface area contributed by atoms with E-state index in [4.69, 9.17) is 5.73 Å². The molecule has 0 bridgehead atoms. The van der Waals surface area contributed by atoms with E-state index in [0.29, 0.717) is 42.4 Å². The second kappa shape index (κ2) is 7.76. The zero-order valence-electron chi connectivity index (χ0n) is 15.6. The lowest BCUT2D eigenvalue weighted by Crippen LogP contribution is -2.40. The lowest BCUT2D eigenvalue weighted by molar-refractivity contribution is -0.0399. The highest BCUT2D eigenvalue weighted by molar-refractivity contribution is 7.10. The van der Waals surface area contributed by atoms with E-state index >= 15 is 0 Å². The number of amides is 1. The van der Waals surface area contributed by atoms with Crippen LogP contribution in [0.15, 0.2) is 11.4 Å². The van der Waals surface area contributed by atoms with Crippen molar-refractivity contribution in [2.75, 3.05) is 0 Å². The highest BCUT2D eigenvalue weighted by atomic mass is 32.1. The Labute approximate surface area is 163 Å². The molecule has 4 nitrogen and oxygen atoms in total. The Morgan fingerprint density at radius 3 is 2.52 bits per heavy atom. The number of nitrogens with one attached hydrogen (secondary N) is 2. The minimum atomic E-state index is -2.56. The molecule has 0 aliphatic heterocycles. The molecule has 3 aliphatic rings. The third-order valence-electron chi connectivity index (χ3n) is 6.31. The van der Waals surface area contributed by atoms with Crippen LogP contribution in [0.5, 0.6) is 0 Å². The van der Waals surface area contributed by atoms with E-state index in [1.807, 2.05) is 11.4 Å². The zero-order chi connectivity index (χ0) is 19.0. The van der Waals surface area contributed by atoms with Crippen molar-refractivity contribution in [3.05, 3.63) is 21.9 Å². The van der Waals surface area contributed by atoms with Crippen molar-refractivity contribution in [3.63, 3.8) is 0 Å². The minimum Gasteiger partial charge on any atom is -0.349 e. The maximum atomic E-state index is 13.2. The molecule has 1 amide bonds. The summed E-state index contributed by atoms with van der Waals surface area (Å²) in [4.78, 5) is 13.7. The van der Waals surface area contributed by atoms with Gasteiger partial charge in [-0.25, -0.2) is 8.78 Å². The Hall–Kier alpha value is -1.05. The lowest BCUT2D eigenvalue weighted by Gasteiger charge is -2.28. The van der Waals surface area contributed by atoms with Crippen LogP contribution >= 0.6 is 11.3 Å². The molecule has 3 saturated carbocycles. The maximum Gasteiger partial charge on any atom is 0.252 e. The molecule has 0 aromatic carbocycles. The smallest absolute Gasteiger partial charge is 0.252 e. The molecule has 0 saturated heterocycles. The molecule has 2 atom stereocenters. The van der Waals surface area contributed by atoms with Crippen LogP contribution in [0.2, 0.25) is 0 Å². The van der Waals surface area contributed by atoms with Crippen LogP contribution < -0.4 is 16.4 Å². The summed E-state index contributed by atoms with van der Waals surface area (Å²) >= 11 is 1.64. The second-order valence-electron chi connectivity index (χ2n) is 8.57. The van der Waals surface area contributed by atoms with Gasteiger partial charge in [0.15, 0.2) is 0 Å². The van der Waals surface area contributed by atoms with E-state index in [0.717, 1.165) is 32.1 Å². The Morgan fingerprint density at radius 1 is 1.11 bits per heavy atom. The quantitative estimate of drug-likeness (QED) is 0.708. The van der Waals surface area contributed by atoms with Crippen LogP contribution in [-0.4, -0.2) is 36.0 Å². The molecule has 150 valence electrons. The molecule has 3 fully saturated rings. The van der Waals surface area contributed by atoms with Crippen molar-refractivity contribution in [1.82, 2.24) is 10.6 Å². The highest BCUT2D eigenvalue weighted by Gasteiger charge is 2.41. The summed E-state index contributed by atoms with van der Waals surface area (Å²) in [6, 6.07) is 3.31. The maximum absolute atomic E-state index is 13.2. The Morgan fingerprint density at radius 2 is 1.81 bits per heavy atom. The third-order valence-corrected chi connectivity index (χ3v) is 7.38. The lowest BCUT2D eigenvalue weighted by atomic mass is 9.92. The third kappa shape index (κ3) is 4.87. The number of thiophene rings is 1. The van der Waals surface area contributed by atoms with Gasteiger partial charge in [0.05, 0.1) is 5.56 Å². The van der Waals surface area contributed by atoms with E-state index < -0.39 is 5.92 Å². The Kier molecular flexibility index (Phi) is 5.54. The summed E-state index contributed by atoms with van der Waals surface area (Å²) in [6.45, 7) is 0. The molecule has 0 unspecified atom stereocenters. The van der Waals surface area contributed by atoms with Crippen LogP contribution in [0.1, 0.15) is 78.9 Å². The van der Waals surface area contributed by atoms with Crippen LogP contribution in [0.4, 0.5) is 8.78 Å². The summed E-state index contributed by atoms with van der Waals surface area (Å²) in [5.74, 6) is -2.19. The average Bonchev–Trinajstić information content (AvgIpc) is 3.21. The molecule has 4 rings (SSSR count). The predicted octanol–water partition coefficient (Wildman–Crippen LogP) is 3.77. The van der Waals surface area contributed by atoms with Gasteiger partial charge in [0.1, 0.15) is 0 Å². The predicted molar refractivity (Wildman–Crippen MR) is 104 cm³/mol. The summed E-state index contributed by atoms with van der Waals surface area (Å²) in [5, 5.41) is 8.59. The number of carbonyl (C=O) groups excluding carboxylic acids is 1. The topological polar surface area (TPSA) is 67.1 Å². The van der Waals surface area contributed by atoms with Crippen molar-refractivity contribution in [2.24, 2.45) is 5.73 Å². The van der Waals surface area contributed by atoms with Crippen LogP contribution in [0.25, 0.3) is 0 Å². The first-order valence-electron chi connectivity index (χ1n) is 10.2. The first-order valence-corrected chi connectivity index (χ1v) is 11.1. The van der Waals surface area contributed by atoms with Gasteiger partial charge < -0.3 is 16.4 Å². The van der Waals surface area contributed by atoms with E-state index in [-0.39, 0.29) is 24.8 Å². The molecule has 4 N–H and O–H groups in total. The summed E-state index contributed by atoms with van der Waals surface area (Å²) in [7, 11) is 0. The molecule has 27 heavy (non-hydrogen) atoms. The molecule has 7 heteroatoms. The summed E-state index contributed by atoms with van der Waals surface area (Å²) < 4.78 is 26.5. The van der Waals surface area contributed by atoms with Gasteiger partial charge in [0.25, 0.3) is 5.91 Å². The van der Waals surface area contributed by atoms with Gasteiger partial charge in [-0.3, -0.25) is 4.79 Å². The van der Waals surface area contributed by atoms with Gasteiger partial charge in [0.2, 0.25) is 5.92 Å². The molecule has 0 radical (unpaired) electrons. The first kappa shape index (κ1) is 19.3. The normalized spacial score (nSPS) is 33.6. The number of alkyl halides is 2. The number of hydrogen-bond donors (Lipinski definition) is 3. The van der Waals surface area contributed by atoms with Crippen molar-refractivity contribution >= 4 is 17.2 Å². The standard InChI is InChI=1S/C20H29F2N3OS/c21-20(22)7-5-15(6-8-20)25-19(26)12-9-18(27-11-12)16-10-17(16)24-14-3-1-13(23)2-4-14/h9,11,13-17,24H,1-8,10,23H2,(H,25,26)/t13?,14?,16-,17-/m1/s1. The number of hydrogen-bond acceptors (Lipinski definition) is 4. The molecule has 1 aromatic rings. The van der Waals surface area contributed by atoms with Gasteiger partial charge in [0, 0.05) is 53.2 Å². The van der Waals surface area contributed by atoms with Crippen LogP contribution in [-0.2, 0) is 0 Å². The molecule has 3 aliphatic carbocycles. The fourth-order valence-corrected chi connectivity index (χ4v) is 5.47. The minimum absolute atomic E-state index is 0.126. The van der Waals surface area contributed by atoms with Crippen LogP contribution in [0.3, 0.4) is 0 Å². The molecular weight excluding hydrogens is 368 g/mol. The Bertz CT molecular complexity index is 662. The van der Waals surface area contributed by atoms with Gasteiger partial charge in [-0.2, -0.15) is 0 Å². The van der Waals surface area contributed by atoms with E-state index in [9.17, 15) is 13.6 Å². The highest BCUT2D eigenvalue weighted by Crippen LogP contribution is 2.44.